The van der Waals surface area contributed by atoms with Crippen molar-refractivity contribution in [1.82, 2.24) is 4.57 Å². The van der Waals surface area contributed by atoms with Crippen LogP contribution < -0.4 is 0 Å². The molecule has 0 spiro atoms. The van der Waals surface area contributed by atoms with Crippen molar-refractivity contribution in [1.29, 1.82) is 0 Å². The van der Waals surface area contributed by atoms with Crippen molar-refractivity contribution < 1.29 is 4.42 Å². The van der Waals surface area contributed by atoms with Crippen molar-refractivity contribution in [3.8, 4) is 0 Å². The van der Waals surface area contributed by atoms with E-state index in [1.54, 1.807) is 0 Å². The fourth-order valence-electron chi connectivity index (χ4n) is 2.68. The van der Waals surface area contributed by atoms with Gasteiger partial charge in [0.2, 0.25) is 0 Å². The molecule has 3 aromatic carbocycles. The Morgan fingerprint density at radius 3 is 2.52 bits per heavy atom. The summed E-state index contributed by atoms with van der Waals surface area (Å²) in [5.41, 5.74) is 3.09. The predicted molar refractivity (Wildman–Crippen MR) is 88.1 cm³/mol. The highest BCUT2D eigenvalue weighted by Crippen LogP contribution is 2.21. The van der Waals surface area contributed by atoms with Crippen LogP contribution >= 0.6 is 12.2 Å². The van der Waals surface area contributed by atoms with E-state index in [0.29, 0.717) is 4.84 Å². The van der Waals surface area contributed by atoms with Crippen LogP contribution in [-0.2, 0) is 6.54 Å². The Labute approximate surface area is 127 Å². The van der Waals surface area contributed by atoms with E-state index in [2.05, 4.69) is 42.5 Å². The zero-order chi connectivity index (χ0) is 14.2. The monoisotopic (exact) mass is 291 g/mol. The maximum atomic E-state index is 5.64. The zero-order valence-corrected chi connectivity index (χ0v) is 12.1. The molecule has 0 bridgehead atoms. The minimum atomic E-state index is 0.518. The van der Waals surface area contributed by atoms with Gasteiger partial charge < -0.3 is 4.42 Å². The molecule has 0 aliphatic heterocycles. The Hall–Kier alpha value is -2.39. The SMILES string of the molecule is S=c1oc2ccccc2n1Cc1ccc2ccccc2c1. The van der Waals surface area contributed by atoms with Gasteiger partial charge in [-0.1, -0.05) is 48.5 Å². The number of rotatable bonds is 2. The number of aromatic nitrogens is 1. The molecule has 1 heterocycles. The van der Waals surface area contributed by atoms with Crippen molar-refractivity contribution >= 4 is 34.1 Å². The van der Waals surface area contributed by atoms with Gasteiger partial charge in [0.25, 0.3) is 4.84 Å². The van der Waals surface area contributed by atoms with E-state index in [9.17, 15) is 0 Å². The molecule has 2 nitrogen and oxygen atoms in total. The molecule has 0 radical (unpaired) electrons. The van der Waals surface area contributed by atoms with Gasteiger partial charge in [0.15, 0.2) is 5.58 Å². The van der Waals surface area contributed by atoms with Crippen LogP contribution in [0.3, 0.4) is 0 Å². The second kappa shape index (κ2) is 4.86. The van der Waals surface area contributed by atoms with Gasteiger partial charge in [-0.25, -0.2) is 0 Å². The molecule has 3 heteroatoms. The van der Waals surface area contributed by atoms with Crippen LogP contribution in [0.2, 0.25) is 0 Å². The highest BCUT2D eigenvalue weighted by atomic mass is 32.1. The molecule has 21 heavy (non-hydrogen) atoms. The molecule has 0 amide bonds. The Kier molecular flexibility index (Phi) is 2.86. The van der Waals surface area contributed by atoms with Gasteiger partial charge >= 0.3 is 0 Å². The second-order valence-corrected chi connectivity index (χ2v) is 5.45. The summed E-state index contributed by atoms with van der Waals surface area (Å²) in [6, 6.07) is 22.8. The number of hydrogen-bond donors (Lipinski definition) is 0. The highest BCUT2D eigenvalue weighted by molar-refractivity contribution is 7.71. The molecule has 0 atom stereocenters. The molecule has 0 fully saturated rings. The van der Waals surface area contributed by atoms with E-state index in [4.69, 9.17) is 16.6 Å². The number of nitrogens with zero attached hydrogens (tertiary/aromatic N) is 1. The molecule has 0 saturated carbocycles. The number of benzene rings is 3. The average molecular weight is 291 g/mol. The van der Waals surface area contributed by atoms with Gasteiger partial charge in [-0.3, -0.25) is 4.57 Å². The van der Waals surface area contributed by atoms with E-state index >= 15 is 0 Å². The molecule has 4 aromatic rings. The molecular weight excluding hydrogens is 278 g/mol. The largest absolute Gasteiger partial charge is 0.429 e. The first kappa shape index (κ1) is 12.4. The quantitative estimate of drug-likeness (QED) is 0.474. The molecule has 1 aromatic heterocycles. The van der Waals surface area contributed by atoms with Crippen LogP contribution in [0.4, 0.5) is 0 Å². The summed E-state index contributed by atoms with van der Waals surface area (Å²) in [7, 11) is 0. The number of hydrogen-bond acceptors (Lipinski definition) is 2. The minimum absolute atomic E-state index is 0.518. The summed E-state index contributed by atoms with van der Waals surface area (Å²) >= 11 is 5.34. The number of para-hydroxylation sites is 2. The average Bonchev–Trinajstić information content (AvgIpc) is 2.83. The fraction of sp³-hybridized carbons (Fsp3) is 0.0556. The van der Waals surface area contributed by atoms with Crippen LogP contribution in [-0.4, -0.2) is 4.57 Å². The molecule has 0 unspecified atom stereocenters. The smallest absolute Gasteiger partial charge is 0.269 e. The Morgan fingerprint density at radius 2 is 1.62 bits per heavy atom. The Morgan fingerprint density at radius 1 is 0.857 bits per heavy atom. The Balaban J connectivity index is 1.82. The lowest BCUT2D eigenvalue weighted by atomic mass is 10.1. The third-order valence-electron chi connectivity index (χ3n) is 3.73. The highest BCUT2D eigenvalue weighted by Gasteiger charge is 2.06. The van der Waals surface area contributed by atoms with Crippen LogP contribution in [0.5, 0.6) is 0 Å². The normalized spacial score (nSPS) is 11.2. The first-order valence-electron chi connectivity index (χ1n) is 6.87. The van der Waals surface area contributed by atoms with Gasteiger partial charge in [0.1, 0.15) is 0 Å². The first-order valence-corrected chi connectivity index (χ1v) is 7.28. The van der Waals surface area contributed by atoms with E-state index in [1.807, 2.05) is 28.8 Å². The molecule has 102 valence electrons. The molecule has 4 rings (SSSR count). The standard InChI is InChI=1S/C18H13NOS/c21-18-19(16-7-3-4-8-17(16)20-18)12-13-9-10-14-5-1-2-6-15(14)11-13/h1-11H,12H2. The summed E-state index contributed by atoms with van der Waals surface area (Å²) in [5, 5.41) is 2.50. The third kappa shape index (κ3) is 2.16. The molecule has 0 N–H and O–H groups in total. The third-order valence-corrected chi connectivity index (χ3v) is 4.03. The first-order chi connectivity index (χ1) is 10.3. The van der Waals surface area contributed by atoms with Crippen LogP contribution in [0.25, 0.3) is 21.9 Å². The number of oxazole rings is 1. The fourth-order valence-corrected chi connectivity index (χ4v) is 2.94. The van der Waals surface area contributed by atoms with Crippen LogP contribution in [0, 0.1) is 4.84 Å². The molecule has 0 aliphatic carbocycles. The summed E-state index contributed by atoms with van der Waals surface area (Å²) in [6.45, 7) is 0.723. The van der Waals surface area contributed by atoms with Crippen molar-refractivity contribution in [2.45, 2.75) is 6.54 Å². The summed E-state index contributed by atoms with van der Waals surface area (Å²) in [5.74, 6) is 0. The Bertz CT molecular complexity index is 997. The second-order valence-electron chi connectivity index (χ2n) is 5.10. The van der Waals surface area contributed by atoms with E-state index in [0.717, 1.165) is 17.6 Å². The van der Waals surface area contributed by atoms with Gasteiger partial charge in [-0.05, 0) is 46.8 Å². The van der Waals surface area contributed by atoms with E-state index < -0.39 is 0 Å². The maximum absolute atomic E-state index is 5.64. The minimum Gasteiger partial charge on any atom is -0.429 e. The van der Waals surface area contributed by atoms with Crippen molar-refractivity contribution in [2.75, 3.05) is 0 Å². The lowest BCUT2D eigenvalue weighted by molar-refractivity contribution is 0.548. The summed E-state index contributed by atoms with van der Waals surface area (Å²) in [4.78, 5) is 0.518. The van der Waals surface area contributed by atoms with Gasteiger partial charge in [0.05, 0.1) is 12.1 Å². The summed E-state index contributed by atoms with van der Waals surface area (Å²) < 4.78 is 7.67. The molecular formula is C18H13NOS. The maximum Gasteiger partial charge on any atom is 0.269 e. The zero-order valence-electron chi connectivity index (χ0n) is 11.3. The summed E-state index contributed by atoms with van der Waals surface area (Å²) in [6.07, 6.45) is 0. The molecule has 0 saturated heterocycles. The van der Waals surface area contributed by atoms with Crippen molar-refractivity contribution in [3.05, 3.63) is 77.1 Å². The van der Waals surface area contributed by atoms with E-state index in [1.165, 1.54) is 16.3 Å². The lowest BCUT2D eigenvalue weighted by Gasteiger charge is -2.05. The van der Waals surface area contributed by atoms with Crippen molar-refractivity contribution in [3.63, 3.8) is 0 Å². The van der Waals surface area contributed by atoms with Gasteiger partial charge in [-0.2, -0.15) is 0 Å². The topological polar surface area (TPSA) is 18.1 Å². The van der Waals surface area contributed by atoms with Crippen LogP contribution in [0.1, 0.15) is 5.56 Å². The number of fused-ring (bicyclic) bond motifs is 2. The van der Waals surface area contributed by atoms with Crippen molar-refractivity contribution in [2.24, 2.45) is 0 Å². The van der Waals surface area contributed by atoms with Gasteiger partial charge in [-0.15, -0.1) is 0 Å². The lowest BCUT2D eigenvalue weighted by Crippen LogP contribution is -1.99. The molecule has 0 aliphatic rings. The van der Waals surface area contributed by atoms with E-state index in [-0.39, 0.29) is 0 Å². The van der Waals surface area contributed by atoms with Gasteiger partial charge in [0, 0.05) is 0 Å². The predicted octanol–water partition coefficient (Wildman–Crippen LogP) is 5.17. The van der Waals surface area contributed by atoms with Crippen LogP contribution in [0.15, 0.2) is 71.1 Å².